The topological polar surface area (TPSA) is 220 Å². The first-order valence-corrected chi connectivity index (χ1v) is 17.0. The molecule has 3 fully saturated rings. The Balaban J connectivity index is 1.40. The van der Waals surface area contributed by atoms with Crippen LogP contribution in [-0.4, -0.2) is 95.1 Å². The quantitative estimate of drug-likeness (QED) is 0.160. The second-order valence-electron chi connectivity index (χ2n) is 12.9. The van der Waals surface area contributed by atoms with Gasteiger partial charge in [0.15, 0.2) is 0 Å². The molecule has 48 heavy (non-hydrogen) atoms. The molecule has 0 radical (unpaired) electrons. The molecule has 0 aromatic heterocycles. The van der Waals surface area contributed by atoms with Gasteiger partial charge in [0.25, 0.3) is 0 Å². The number of amides is 4. The number of hydrogen-bond donors (Lipinski definition) is 7. The fraction of sp³-hybridized carbons (Fsp3) is 0.438. The van der Waals surface area contributed by atoms with Crippen molar-refractivity contribution in [1.82, 2.24) is 26.2 Å². The maximum absolute atomic E-state index is 14.1. The lowest BCUT2D eigenvalue weighted by Crippen LogP contribution is -2.71. The monoisotopic (exact) mass is 698 g/mol. The molecule has 0 bridgehead atoms. The molecule has 2 aromatic carbocycles. The molecule has 4 amide bonds. The first-order valence-electron chi connectivity index (χ1n) is 15.2. The van der Waals surface area contributed by atoms with Crippen LogP contribution in [0.4, 0.5) is 0 Å². The third-order valence-electron chi connectivity index (χ3n) is 8.68. The zero-order valence-corrected chi connectivity index (χ0v) is 28.2. The summed E-state index contributed by atoms with van der Waals surface area (Å²) >= 11 is 2.41. The molecule has 14 nitrogen and oxygen atoms in total. The number of carbonyl (C=O) groups excluding carboxylic acids is 4. The summed E-state index contributed by atoms with van der Waals surface area (Å²) in [5.74, 6) is -5.06. The van der Waals surface area contributed by atoms with Crippen LogP contribution in [0, 0.1) is 0 Å². The number of carbonyl (C=O) groups is 6. The van der Waals surface area contributed by atoms with Gasteiger partial charge < -0.3 is 36.8 Å². The van der Waals surface area contributed by atoms with E-state index in [1.165, 1.54) is 16.7 Å². The van der Waals surface area contributed by atoms with Crippen molar-refractivity contribution in [2.75, 3.05) is 0 Å². The Kier molecular flexibility index (Phi) is 9.83. The summed E-state index contributed by atoms with van der Waals surface area (Å²) in [5.41, 5.74) is 7.09. The second kappa shape index (κ2) is 13.4. The lowest BCUT2D eigenvalue weighted by molar-refractivity contribution is -0.161. The van der Waals surface area contributed by atoms with E-state index in [0.717, 1.165) is 11.8 Å². The molecule has 3 aliphatic rings. The predicted molar refractivity (Wildman–Crippen MR) is 178 cm³/mol. The van der Waals surface area contributed by atoms with Crippen molar-refractivity contribution in [3.8, 4) is 0 Å². The average Bonchev–Trinajstić information content (AvgIpc) is 3.50. The van der Waals surface area contributed by atoms with E-state index in [2.05, 4.69) is 21.3 Å². The number of nitrogens with zero attached hydrogens (tertiary/aromatic N) is 1. The second-order valence-corrected chi connectivity index (χ2v) is 16.5. The Labute approximate surface area is 285 Å². The zero-order chi connectivity index (χ0) is 35.1. The Bertz CT molecular complexity index is 1610. The molecular formula is C32H38N6O8S2. The molecule has 8 N–H and O–H groups in total. The molecule has 5 rings (SSSR count). The largest absolute Gasteiger partial charge is 0.480 e. The van der Waals surface area contributed by atoms with Crippen molar-refractivity contribution in [1.29, 1.82) is 0 Å². The molecule has 0 unspecified atom stereocenters. The standard InChI is InChI=1S/C32H38N6O8S2/c1-31(2)21(29(43)44)37-26(47-31)19(35-23(39)17(33)15-11-7-5-8-12-15)25(41)34-18(16-13-9-6-10-14-16)24(40)36-20-27(42)38-22(30(45)46)32(3,4)48-28(20)38/h5-14,17-22,26,28,37H,33H2,1-4H3,(H,34,41)(H,35,39)(H,36,40)(H,43,44)(H,45,46)/t17-,18-,19-,20-,21+,22+,26-,28-/m1/s1. The number of rotatable bonds is 11. The van der Waals surface area contributed by atoms with Crippen molar-refractivity contribution in [2.24, 2.45) is 5.73 Å². The molecule has 8 atom stereocenters. The van der Waals surface area contributed by atoms with Crippen LogP contribution in [0.15, 0.2) is 60.7 Å². The highest BCUT2D eigenvalue weighted by Crippen LogP contribution is 2.51. The van der Waals surface area contributed by atoms with E-state index in [4.69, 9.17) is 5.73 Å². The van der Waals surface area contributed by atoms with Crippen molar-refractivity contribution < 1.29 is 39.0 Å². The summed E-state index contributed by atoms with van der Waals surface area (Å²) in [4.78, 5) is 79.8. The van der Waals surface area contributed by atoms with Crippen LogP contribution < -0.4 is 27.0 Å². The Morgan fingerprint density at radius 3 is 1.94 bits per heavy atom. The van der Waals surface area contributed by atoms with Gasteiger partial charge in [-0.15, -0.1) is 23.5 Å². The number of carboxylic acid groups (broad SMARTS) is 2. The van der Waals surface area contributed by atoms with Gasteiger partial charge in [0.1, 0.15) is 41.6 Å². The number of fused-ring (bicyclic) bond motifs is 1. The van der Waals surface area contributed by atoms with Gasteiger partial charge in [-0.3, -0.25) is 29.3 Å². The molecule has 3 saturated heterocycles. The van der Waals surface area contributed by atoms with E-state index in [1.54, 1.807) is 88.4 Å². The minimum absolute atomic E-state index is 0.372. The molecule has 0 aliphatic carbocycles. The van der Waals surface area contributed by atoms with Gasteiger partial charge in [-0.2, -0.15) is 0 Å². The summed E-state index contributed by atoms with van der Waals surface area (Å²) in [6, 6.07) is 9.73. The van der Waals surface area contributed by atoms with Crippen LogP contribution in [0.1, 0.15) is 50.9 Å². The molecular weight excluding hydrogens is 661 g/mol. The third-order valence-corrected chi connectivity index (χ3v) is 11.8. The highest BCUT2D eigenvalue weighted by Gasteiger charge is 2.64. The lowest BCUT2D eigenvalue weighted by atomic mass is 9.95. The molecule has 3 heterocycles. The Morgan fingerprint density at radius 2 is 1.40 bits per heavy atom. The van der Waals surface area contributed by atoms with Crippen LogP contribution in [0.5, 0.6) is 0 Å². The number of thioether (sulfide) groups is 2. The van der Waals surface area contributed by atoms with Gasteiger partial charge in [0.05, 0.1) is 5.37 Å². The summed E-state index contributed by atoms with van der Waals surface area (Å²) in [7, 11) is 0. The molecule has 256 valence electrons. The molecule has 16 heteroatoms. The van der Waals surface area contributed by atoms with Crippen LogP contribution >= 0.6 is 23.5 Å². The van der Waals surface area contributed by atoms with Crippen molar-refractivity contribution >= 4 is 59.1 Å². The fourth-order valence-electron chi connectivity index (χ4n) is 6.22. The highest BCUT2D eigenvalue weighted by atomic mass is 32.2. The number of β-lactam (4-membered cyclic amide) rings is 1. The maximum atomic E-state index is 14.1. The first-order chi connectivity index (χ1) is 22.5. The SMILES string of the molecule is CC1(C)S[C@@H]2[C@H](NC(=O)[C@H](NC(=O)[C@@H](NC(=O)[C@H](N)c3ccccc3)[C@@H]3N[C@@H](C(=O)O)C(C)(C)S3)c3ccccc3)C(=O)N2[C@H]1C(=O)O. The summed E-state index contributed by atoms with van der Waals surface area (Å²) in [6.45, 7) is 6.84. The molecule has 3 aliphatic heterocycles. The van der Waals surface area contributed by atoms with Crippen molar-refractivity contribution in [3.63, 3.8) is 0 Å². The van der Waals surface area contributed by atoms with Gasteiger partial charge in [-0.05, 0) is 38.8 Å². The van der Waals surface area contributed by atoms with Crippen LogP contribution in [0.3, 0.4) is 0 Å². The Morgan fingerprint density at radius 1 is 0.812 bits per heavy atom. The minimum Gasteiger partial charge on any atom is -0.480 e. The molecule has 0 spiro atoms. The predicted octanol–water partition coefficient (Wildman–Crippen LogP) is 0.555. The van der Waals surface area contributed by atoms with Crippen molar-refractivity contribution in [3.05, 3.63) is 71.8 Å². The van der Waals surface area contributed by atoms with Gasteiger partial charge >= 0.3 is 11.9 Å². The average molecular weight is 699 g/mol. The number of nitrogens with one attached hydrogen (secondary N) is 4. The molecule has 0 saturated carbocycles. The first kappa shape index (κ1) is 35.2. The summed E-state index contributed by atoms with van der Waals surface area (Å²) in [5, 5.41) is 29.1. The number of aliphatic carboxylic acids is 2. The maximum Gasteiger partial charge on any atom is 0.327 e. The van der Waals surface area contributed by atoms with Crippen LogP contribution in [0.25, 0.3) is 0 Å². The van der Waals surface area contributed by atoms with Gasteiger partial charge in [0.2, 0.25) is 23.6 Å². The highest BCUT2D eigenvalue weighted by molar-refractivity contribution is 8.02. The minimum atomic E-state index is -1.39. The van der Waals surface area contributed by atoms with E-state index < -0.39 is 92.1 Å². The Hall–Kier alpha value is -4.12. The number of hydrogen-bond acceptors (Lipinski definition) is 10. The summed E-state index contributed by atoms with van der Waals surface area (Å²) < 4.78 is -1.69. The van der Waals surface area contributed by atoms with Gasteiger partial charge in [-0.25, -0.2) is 4.79 Å². The van der Waals surface area contributed by atoms with E-state index in [-0.39, 0.29) is 0 Å². The van der Waals surface area contributed by atoms with Gasteiger partial charge in [0, 0.05) is 9.49 Å². The van der Waals surface area contributed by atoms with E-state index in [0.29, 0.717) is 11.1 Å². The van der Waals surface area contributed by atoms with Crippen molar-refractivity contribution in [2.45, 2.75) is 84.2 Å². The number of benzene rings is 2. The van der Waals surface area contributed by atoms with E-state index in [9.17, 15) is 39.0 Å². The lowest BCUT2D eigenvalue weighted by Gasteiger charge is -2.44. The normalized spacial score (nSPS) is 27.1. The van der Waals surface area contributed by atoms with Gasteiger partial charge in [-0.1, -0.05) is 60.7 Å². The summed E-state index contributed by atoms with van der Waals surface area (Å²) in [6.07, 6.45) is 0. The molecule has 2 aromatic rings. The van der Waals surface area contributed by atoms with E-state index in [1.807, 2.05) is 0 Å². The van der Waals surface area contributed by atoms with E-state index >= 15 is 0 Å². The zero-order valence-electron chi connectivity index (χ0n) is 26.6. The van der Waals surface area contributed by atoms with Crippen LogP contribution in [0.2, 0.25) is 0 Å². The third kappa shape index (κ3) is 6.74. The van der Waals surface area contributed by atoms with Crippen LogP contribution in [-0.2, 0) is 28.8 Å². The number of carboxylic acids is 2. The fourth-order valence-corrected chi connectivity index (χ4v) is 9.34. The smallest absolute Gasteiger partial charge is 0.327 e. The number of nitrogens with two attached hydrogens (primary N) is 1.